The summed E-state index contributed by atoms with van der Waals surface area (Å²) in [5.74, 6) is 0. The first kappa shape index (κ1) is 16.1. The Morgan fingerprint density at radius 2 is 1.76 bits per heavy atom. The fraction of sp³-hybridized carbons (Fsp3) is 0.818. The average Bonchev–Trinajstić information content (AvgIpc) is 2.17. The van der Waals surface area contributed by atoms with Crippen molar-refractivity contribution in [1.82, 2.24) is 9.80 Å². The second kappa shape index (κ2) is 7.45. The van der Waals surface area contributed by atoms with Gasteiger partial charge >= 0.3 is 0 Å². The van der Waals surface area contributed by atoms with Gasteiger partial charge in [-0.2, -0.15) is 0 Å². The molecule has 0 bridgehead atoms. The number of carbonyl (C=O) groups is 1. The summed E-state index contributed by atoms with van der Waals surface area (Å²) < 4.78 is 4.55. The molecule has 1 fully saturated rings. The largest absolute Gasteiger partial charge is 0.462 e. The van der Waals surface area contributed by atoms with Crippen LogP contribution in [0.1, 0.15) is 20.8 Å². The highest BCUT2D eigenvalue weighted by atomic mass is 32.1. The predicted octanol–water partition coefficient (Wildman–Crippen LogP) is 0.435. The minimum absolute atomic E-state index is 0.318. The van der Waals surface area contributed by atoms with Crippen LogP contribution >= 0.6 is 12.2 Å². The lowest BCUT2D eigenvalue weighted by molar-refractivity contribution is -0.138. The topological polar surface area (TPSA) is 58.8 Å². The first-order valence-electron chi connectivity index (χ1n) is 5.60. The highest BCUT2D eigenvalue weighted by Gasteiger charge is 2.13. The smallest absolute Gasteiger partial charge is 0.293 e. The van der Waals surface area contributed by atoms with Crippen LogP contribution in [-0.4, -0.2) is 60.2 Å². The van der Waals surface area contributed by atoms with E-state index in [0.717, 1.165) is 26.2 Å². The van der Waals surface area contributed by atoms with Crippen LogP contribution in [0.3, 0.4) is 0 Å². The third-order valence-electron chi connectivity index (χ3n) is 2.22. The van der Waals surface area contributed by atoms with E-state index in [-0.39, 0.29) is 5.60 Å². The summed E-state index contributed by atoms with van der Waals surface area (Å²) in [6, 6.07) is 0. The van der Waals surface area contributed by atoms with E-state index in [9.17, 15) is 4.79 Å². The summed E-state index contributed by atoms with van der Waals surface area (Å²) in [4.78, 5) is 13.9. The number of ether oxygens (including phenoxy) is 1. The Kier molecular flexibility index (Phi) is 7.06. The quantitative estimate of drug-likeness (QED) is 0.546. The van der Waals surface area contributed by atoms with E-state index >= 15 is 0 Å². The van der Waals surface area contributed by atoms with Gasteiger partial charge in [-0.05, 0) is 40.0 Å². The van der Waals surface area contributed by atoms with Crippen molar-refractivity contribution in [3.63, 3.8) is 0 Å². The Hall–Kier alpha value is -0.880. The van der Waals surface area contributed by atoms with E-state index < -0.39 is 0 Å². The zero-order chi connectivity index (χ0) is 13.5. The Bertz CT molecular complexity index is 246. The molecule has 0 aromatic rings. The molecule has 0 amide bonds. The van der Waals surface area contributed by atoms with Crippen LogP contribution in [0.5, 0.6) is 0 Å². The number of nitrogens with zero attached hydrogens (tertiary/aromatic N) is 2. The second-order valence-electron chi connectivity index (χ2n) is 4.96. The number of rotatable bonds is 1. The minimum atomic E-state index is -0.318. The van der Waals surface area contributed by atoms with E-state index in [1.54, 1.807) is 0 Å². The molecule has 1 aliphatic heterocycles. The molecule has 100 valence electrons. The molecule has 0 spiro atoms. The molecule has 1 aliphatic rings. The van der Waals surface area contributed by atoms with E-state index in [2.05, 4.69) is 16.7 Å². The maximum Gasteiger partial charge on any atom is 0.293 e. The maximum absolute atomic E-state index is 9.60. The number of hydrogen-bond donors (Lipinski definition) is 1. The van der Waals surface area contributed by atoms with Crippen LogP contribution in [0.15, 0.2) is 0 Å². The van der Waals surface area contributed by atoms with Gasteiger partial charge in [-0.1, -0.05) is 0 Å². The molecule has 1 saturated heterocycles. The zero-order valence-electron chi connectivity index (χ0n) is 11.1. The first-order valence-corrected chi connectivity index (χ1v) is 6.01. The molecule has 0 saturated carbocycles. The van der Waals surface area contributed by atoms with Gasteiger partial charge in [0, 0.05) is 26.2 Å². The van der Waals surface area contributed by atoms with E-state index in [1.165, 1.54) is 0 Å². The van der Waals surface area contributed by atoms with Crippen LogP contribution in [-0.2, 0) is 9.53 Å². The molecule has 0 aromatic carbocycles. The highest BCUT2D eigenvalue weighted by molar-refractivity contribution is 7.80. The maximum atomic E-state index is 9.60. The van der Waals surface area contributed by atoms with E-state index in [1.807, 2.05) is 25.7 Å². The molecule has 0 unspecified atom stereocenters. The summed E-state index contributed by atoms with van der Waals surface area (Å²) >= 11 is 4.84. The van der Waals surface area contributed by atoms with Crippen LogP contribution in [0.25, 0.3) is 0 Å². The van der Waals surface area contributed by atoms with Crippen molar-refractivity contribution >= 4 is 23.8 Å². The molecule has 0 atom stereocenters. The Morgan fingerprint density at radius 1 is 1.29 bits per heavy atom. The van der Waals surface area contributed by atoms with Gasteiger partial charge in [-0.3, -0.25) is 4.79 Å². The summed E-state index contributed by atoms with van der Waals surface area (Å²) in [6.45, 7) is 10.0. The molecule has 6 heteroatoms. The number of nitrogens with two attached hydrogens (primary N) is 1. The monoisotopic (exact) mass is 261 g/mol. The van der Waals surface area contributed by atoms with Crippen LogP contribution in [0.4, 0.5) is 0 Å². The van der Waals surface area contributed by atoms with Gasteiger partial charge < -0.3 is 20.3 Å². The third-order valence-corrected chi connectivity index (χ3v) is 2.47. The Morgan fingerprint density at radius 3 is 2.00 bits per heavy atom. The van der Waals surface area contributed by atoms with Gasteiger partial charge in [0.25, 0.3) is 6.47 Å². The average molecular weight is 261 g/mol. The molecule has 1 heterocycles. The van der Waals surface area contributed by atoms with E-state index in [0.29, 0.717) is 11.6 Å². The summed E-state index contributed by atoms with van der Waals surface area (Å²) in [5, 5.41) is 0.535. The van der Waals surface area contributed by atoms with Gasteiger partial charge in [0.15, 0.2) is 5.11 Å². The van der Waals surface area contributed by atoms with Crippen LogP contribution in [0, 0.1) is 0 Å². The van der Waals surface area contributed by atoms with E-state index in [4.69, 9.17) is 18.0 Å². The summed E-state index contributed by atoms with van der Waals surface area (Å²) in [5.41, 5.74) is 5.13. The number of carbonyl (C=O) groups excluding carboxylic acids is 1. The zero-order valence-corrected chi connectivity index (χ0v) is 11.9. The second-order valence-corrected chi connectivity index (χ2v) is 5.37. The molecular formula is C11H23N3O2S. The molecule has 17 heavy (non-hydrogen) atoms. The van der Waals surface area contributed by atoms with Gasteiger partial charge in [0.2, 0.25) is 0 Å². The lowest BCUT2D eigenvalue weighted by Gasteiger charge is -2.32. The summed E-state index contributed by atoms with van der Waals surface area (Å²) in [7, 11) is 2.11. The number of thiocarbonyl (C=S) groups is 1. The fourth-order valence-corrected chi connectivity index (χ4v) is 1.35. The van der Waals surface area contributed by atoms with Gasteiger partial charge in [-0.25, -0.2) is 0 Å². The highest BCUT2D eigenvalue weighted by Crippen LogP contribution is 2.02. The number of likely N-dealkylation sites (N-methyl/N-ethyl adjacent to an activating group) is 1. The Balaban J connectivity index is 0.000000325. The van der Waals surface area contributed by atoms with Crippen molar-refractivity contribution < 1.29 is 9.53 Å². The van der Waals surface area contributed by atoms with Crippen molar-refractivity contribution in [2.24, 2.45) is 5.73 Å². The molecule has 0 radical (unpaired) electrons. The molecular weight excluding hydrogens is 238 g/mol. The van der Waals surface area contributed by atoms with Crippen LogP contribution in [0.2, 0.25) is 0 Å². The lowest BCUT2D eigenvalue weighted by atomic mass is 10.2. The SMILES string of the molecule is CC(C)(C)OC=O.CN1CCN(C(N)=S)CC1. The predicted molar refractivity (Wildman–Crippen MR) is 72.8 cm³/mol. The fourth-order valence-electron chi connectivity index (χ4n) is 1.17. The van der Waals surface area contributed by atoms with Crippen molar-refractivity contribution in [3.8, 4) is 0 Å². The lowest BCUT2D eigenvalue weighted by Crippen LogP contribution is -2.48. The van der Waals surface area contributed by atoms with Crippen molar-refractivity contribution in [3.05, 3.63) is 0 Å². The first-order chi connectivity index (χ1) is 7.76. The number of hydrogen-bond acceptors (Lipinski definition) is 4. The normalized spacial score (nSPS) is 16.8. The molecule has 2 N–H and O–H groups in total. The van der Waals surface area contributed by atoms with Gasteiger partial charge in [0.05, 0.1) is 0 Å². The minimum Gasteiger partial charge on any atom is -0.462 e. The molecule has 0 aliphatic carbocycles. The number of piperazine rings is 1. The standard InChI is InChI=1S/C6H13N3S.C5H10O2/c1-8-2-4-9(5-3-8)6(7)10;1-5(2,3)7-4-6/h2-5H2,1H3,(H2,7,10);4H,1-3H3. The van der Waals surface area contributed by atoms with Crippen LogP contribution < -0.4 is 5.73 Å². The summed E-state index contributed by atoms with van der Waals surface area (Å²) in [6.07, 6.45) is 0. The third kappa shape index (κ3) is 8.88. The van der Waals surface area contributed by atoms with Crippen molar-refractivity contribution in [2.45, 2.75) is 26.4 Å². The van der Waals surface area contributed by atoms with Crippen molar-refractivity contribution in [1.29, 1.82) is 0 Å². The molecule has 0 aromatic heterocycles. The van der Waals surface area contributed by atoms with Crippen molar-refractivity contribution in [2.75, 3.05) is 33.2 Å². The molecule has 5 nitrogen and oxygen atoms in total. The van der Waals surface area contributed by atoms with Gasteiger partial charge in [-0.15, -0.1) is 0 Å². The van der Waals surface area contributed by atoms with Gasteiger partial charge in [0.1, 0.15) is 5.60 Å². The molecule has 1 rings (SSSR count). The Labute approximate surface area is 109 Å².